The normalized spacial score (nSPS) is 11.7. The molecular weight excluding hydrogens is 337 g/mol. The van der Waals surface area contributed by atoms with Crippen LogP contribution in [0.25, 0.3) is 0 Å². The number of halogens is 3. The van der Waals surface area contributed by atoms with Gasteiger partial charge in [-0.05, 0) is 30.2 Å². The smallest absolute Gasteiger partial charge is 0.166 e. The maximum atomic E-state index is 12.7. The van der Waals surface area contributed by atoms with Gasteiger partial charge in [-0.3, -0.25) is 0 Å². The van der Waals surface area contributed by atoms with Gasteiger partial charge in [0.2, 0.25) is 0 Å². The summed E-state index contributed by atoms with van der Waals surface area (Å²) >= 11 is 0. The zero-order chi connectivity index (χ0) is 17.7. The van der Waals surface area contributed by atoms with Crippen LogP contribution in [0, 0.1) is 0 Å². The monoisotopic (exact) mass is 355 g/mol. The zero-order valence-electron chi connectivity index (χ0n) is 13.6. The Morgan fingerprint density at radius 1 is 0.640 bits per heavy atom. The first kappa shape index (κ1) is 17.5. The Hall–Kier alpha value is -2.33. The highest BCUT2D eigenvalue weighted by Crippen LogP contribution is 2.29. The second kappa shape index (κ2) is 7.70. The van der Waals surface area contributed by atoms with Crippen molar-refractivity contribution in [3.8, 4) is 0 Å². The number of aryl methyl sites for hydroxylation is 1. The van der Waals surface area contributed by atoms with Crippen LogP contribution in [0.3, 0.4) is 0 Å². The van der Waals surface area contributed by atoms with Crippen molar-refractivity contribution in [2.24, 2.45) is 0 Å². The van der Waals surface area contributed by atoms with Gasteiger partial charge < -0.3 is 0 Å². The van der Waals surface area contributed by atoms with E-state index < -0.39 is 20.5 Å². The van der Waals surface area contributed by atoms with E-state index in [2.05, 4.69) is 24.3 Å². The van der Waals surface area contributed by atoms with Gasteiger partial charge in [-0.1, -0.05) is 83.2 Å². The Morgan fingerprint density at radius 3 is 1.56 bits per heavy atom. The highest BCUT2D eigenvalue weighted by molar-refractivity contribution is 6.85. The summed E-state index contributed by atoms with van der Waals surface area (Å²) in [5.41, 5.74) is 0.357. The summed E-state index contributed by atoms with van der Waals surface area (Å²) in [5, 5.41) is 2.65. The summed E-state index contributed by atoms with van der Waals surface area (Å²) in [4.78, 5) is 0. The van der Waals surface area contributed by atoms with Crippen molar-refractivity contribution in [1.82, 2.24) is 0 Å². The molecule has 0 unspecified atom stereocenters. The summed E-state index contributed by atoms with van der Waals surface area (Å²) in [5.74, 6) is 0. The molecule has 0 heterocycles. The molecular formula is C21H18F3Si. The maximum Gasteiger partial charge on any atom is 0.416 e. The first-order valence-electron chi connectivity index (χ1n) is 8.17. The van der Waals surface area contributed by atoms with Crippen LogP contribution >= 0.6 is 0 Å². The molecule has 0 atom stereocenters. The summed E-state index contributed by atoms with van der Waals surface area (Å²) in [6.45, 7) is 0. The van der Waals surface area contributed by atoms with Crippen molar-refractivity contribution in [2.75, 3.05) is 0 Å². The molecule has 0 nitrogen and oxygen atoms in total. The van der Waals surface area contributed by atoms with Gasteiger partial charge in [0.1, 0.15) is 8.80 Å². The molecule has 0 aliphatic heterocycles. The predicted molar refractivity (Wildman–Crippen MR) is 97.9 cm³/mol. The molecule has 0 spiro atoms. The quantitative estimate of drug-likeness (QED) is 0.589. The first-order chi connectivity index (χ1) is 12.0. The van der Waals surface area contributed by atoms with Crippen molar-refractivity contribution in [3.05, 3.63) is 96.1 Å². The molecule has 0 saturated carbocycles. The number of benzene rings is 3. The molecule has 0 bridgehead atoms. The SMILES string of the molecule is FC(F)(F)c1ccc(CC[Si](c2ccccc2)c2ccccc2)cc1. The van der Waals surface area contributed by atoms with Crippen LogP contribution in [-0.2, 0) is 12.6 Å². The van der Waals surface area contributed by atoms with Crippen LogP contribution in [0.1, 0.15) is 11.1 Å². The van der Waals surface area contributed by atoms with Crippen molar-refractivity contribution in [3.63, 3.8) is 0 Å². The van der Waals surface area contributed by atoms with E-state index in [0.717, 1.165) is 18.0 Å². The Morgan fingerprint density at radius 2 is 1.12 bits per heavy atom. The summed E-state index contributed by atoms with van der Waals surface area (Å²) in [6, 6.07) is 27.3. The Labute approximate surface area is 147 Å². The van der Waals surface area contributed by atoms with Crippen LogP contribution in [-0.4, -0.2) is 8.80 Å². The van der Waals surface area contributed by atoms with Crippen molar-refractivity contribution < 1.29 is 13.2 Å². The van der Waals surface area contributed by atoms with Crippen LogP contribution in [0.2, 0.25) is 6.04 Å². The molecule has 0 aliphatic rings. The zero-order valence-corrected chi connectivity index (χ0v) is 14.6. The third-order valence-electron chi connectivity index (χ3n) is 4.19. The average molecular weight is 355 g/mol. The molecule has 0 aliphatic carbocycles. The van der Waals surface area contributed by atoms with Gasteiger partial charge in [-0.15, -0.1) is 0 Å². The van der Waals surface area contributed by atoms with Crippen molar-refractivity contribution in [2.45, 2.75) is 18.6 Å². The van der Waals surface area contributed by atoms with Gasteiger partial charge in [0.25, 0.3) is 0 Å². The lowest BCUT2D eigenvalue weighted by Gasteiger charge is -2.16. The Balaban J connectivity index is 1.77. The maximum absolute atomic E-state index is 12.7. The summed E-state index contributed by atoms with van der Waals surface area (Å²) in [6.07, 6.45) is -3.50. The van der Waals surface area contributed by atoms with E-state index >= 15 is 0 Å². The molecule has 3 aromatic carbocycles. The summed E-state index contributed by atoms with van der Waals surface area (Å²) in [7, 11) is -0.958. The molecule has 0 N–H and O–H groups in total. The lowest BCUT2D eigenvalue weighted by Crippen LogP contribution is -2.42. The van der Waals surface area contributed by atoms with Gasteiger partial charge in [-0.25, -0.2) is 0 Å². The van der Waals surface area contributed by atoms with E-state index in [1.54, 1.807) is 12.1 Å². The summed E-state index contributed by atoms with van der Waals surface area (Å²) < 4.78 is 38.0. The largest absolute Gasteiger partial charge is 0.416 e. The fourth-order valence-corrected chi connectivity index (χ4v) is 5.50. The van der Waals surface area contributed by atoms with E-state index in [0.29, 0.717) is 0 Å². The molecule has 0 aromatic heterocycles. The molecule has 25 heavy (non-hydrogen) atoms. The number of hydrogen-bond donors (Lipinski definition) is 0. The van der Waals surface area contributed by atoms with E-state index in [1.165, 1.54) is 22.5 Å². The highest BCUT2D eigenvalue weighted by Gasteiger charge is 2.29. The van der Waals surface area contributed by atoms with Crippen LogP contribution < -0.4 is 10.4 Å². The molecule has 0 saturated heterocycles. The van der Waals surface area contributed by atoms with E-state index in [1.807, 2.05) is 36.4 Å². The van der Waals surface area contributed by atoms with Crippen LogP contribution in [0.15, 0.2) is 84.9 Å². The molecule has 1 radical (unpaired) electrons. The second-order valence-electron chi connectivity index (χ2n) is 5.91. The van der Waals surface area contributed by atoms with Gasteiger partial charge >= 0.3 is 6.18 Å². The van der Waals surface area contributed by atoms with Gasteiger partial charge in [0, 0.05) is 0 Å². The van der Waals surface area contributed by atoms with Crippen LogP contribution in [0.4, 0.5) is 13.2 Å². The first-order valence-corrected chi connectivity index (χ1v) is 9.87. The lowest BCUT2D eigenvalue weighted by molar-refractivity contribution is -0.137. The lowest BCUT2D eigenvalue weighted by atomic mass is 10.1. The number of alkyl halides is 3. The Bertz CT molecular complexity index is 741. The predicted octanol–water partition coefficient (Wildman–Crippen LogP) is 4.56. The van der Waals surface area contributed by atoms with E-state index in [-0.39, 0.29) is 0 Å². The standard InChI is InChI=1S/C21H18F3Si/c22-21(23,24)18-13-11-17(12-14-18)15-16-25(19-7-3-1-4-8-19)20-9-5-2-6-10-20/h1-14H,15-16H2. The van der Waals surface area contributed by atoms with Crippen LogP contribution in [0.5, 0.6) is 0 Å². The topological polar surface area (TPSA) is 0 Å². The van der Waals surface area contributed by atoms with Gasteiger partial charge in [-0.2, -0.15) is 13.2 Å². The fraction of sp³-hybridized carbons (Fsp3) is 0.143. The fourth-order valence-electron chi connectivity index (χ4n) is 2.86. The third-order valence-corrected chi connectivity index (χ3v) is 7.00. The van der Waals surface area contributed by atoms with Gasteiger partial charge in [0.05, 0.1) is 5.56 Å². The second-order valence-corrected chi connectivity index (χ2v) is 8.52. The third kappa shape index (κ3) is 4.60. The van der Waals surface area contributed by atoms with E-state index in [9.17, 15) is 13.2 Å². The number of hydrogen-bond acceptors (Lipinski definition) is 0. The molecule has 3 aromatic rings. The van der Waals surface area contributed by atoms with Gasteiger partial charge in [0.15, 0.2) is 0 Å². The molecule has 127 valence electrons. The Kier molecular flexibility index (Phi) is 5.39. The minimum atomic E-state index is -4.28. The molecule has 0 amide bonds. The van der Waals surface area contributed by atoms with Crippen molar-refractivity contribution in [1.29, 1.82) is 0 Å². The molecule has 4 heteroatoms. The highest BCUT2D eigenvalue weighted by atomic mass is 28.3. The molecule has 3 rings (SSSR count). The average Bonchev–Trinajstić information content (AvgIpc) is 2.63. The van der Waals surface area contributed by atoms with E-state index in [4.69, 9.17) is 0 Å². The molecule has 0 fully saturated rings. The number of rotatable bonds is 5. The minimum absolute atomic E-state index is 0.590. The minimum Gasteiger partial charge on any atom is -0.166 e. The van der Waals surface area contributed by atoms with Crippen molar-refractivity contribution >= 4 is 19.2 Å².